The van der Waals surface area contributed by atoms with E-state index in [4.69, 9.17) is 25.8 Å². The van der Waals surface area contributed by atoms with E-state index in [-0.39, 0.29) is 24.9 Å². The molecule has 2 rings (SSSR count). The number of rotatable bonds is 10. The number of amides is 2. The van der Waals surface area contributed by atoms with Crippen LogP contribution in [0.5, 0.6) is 17.2 Å². The summed E-state index contributed by atoms with van der Waals surface area (Å²) in [5.74, 6) is 0.795. The van der Waals surface area contributed by atoms with Gasteiger partial charge in [-0.25, -0.2) is 0 Å². The van der Waals surface area contributed by atoms with Crippen LogP contribution in [0.3, 0.4) is 0 Å². The van der Waals surface area contributed by atoms with Crippen LogP contribution >= 0.6 is 11.6 Å². The minimum atomic E-state index is -0.275. The fourth-order valence-electron chi connectivity index (χ4n) is 2.96. The minimum absolute atomic E-state index is 0.0368. The number of nitrogens with zero attached hydrogens (tertiary/aromatic N) is 1. The molecule has 0 aliphatic carbocycles. The molecule has 2 amide bonds. The van der Waals surface area contributed by atoms with E-state index in [1.807, 2.05) is 19.9 Å². The number of hydrogen-bond acceptors (Lipinski definition) is 6. The maximum Gasteiger partial charge on any atom is 0.238 e. The van der Waals surface area contributed by atoms with Gasteiger partial charge in [0.1, 0.15) is 0 Å². The Kier molecular flexibility index (Phi) is 8.96. The maximum atomic E-state index is 12.6. The van der Waals surface area contributed by atoms with Crippen molar-refractivity contribution in [3.8, 4) is 17.2 Å². The summed E-state index contributed by atoms with van der Waals surface area (Å²) in [5, 5.41) is 6.18. The average molecular weight is 450 g/mol. The lowest BCUT2D eigenvalue weighted by molar-refractivity contribution is -0.119. The van der Waals surface area contributed by atoms with Crippen LogP contribution in [0, 0.1) is 6.92 Å². The van der Waals surface area contributed by atoms with E-state index in [9.17, 15) is 9.59 Å². The number of carbonyl (C=O) groups is 2. The van der Waals surface area contributed by atoms with Crippen LogP contribution in [0.25, 0.3) is 0 Å². The minimum Gasteiger partial charge on any atom is -0.493 e. The summed E-state index contributed by atoms with van der Waals surface area (Å²) in [6.45, 7) is 4.38. The molecule has 0 bridgehead atoms. The van der Waals surface area contributed by atoms with E-state index in [0.29, 0.717) is 40.2 Å². The van der Waals surface area contributed by atoms with E-state index < -0.39 is 0 Å². The molecule has 0 spiro atoms. The van der Waals surface area contributed by atoms with Gasteiger partial charge in [0.05, 0.1) is 34.4 Å². The van der Waals surface area contributed by atoms with E-state index >= 15 is 0 Å². The molecule has 0 saturated carbocycles. The van der Waals surface area contributed by atoms with Gasteiger partial charge < -0.3 is 24.8 Å². The molecule has 31 heavy (non-hydrogen) atoms. The highest BCUT2D eigenvalue weighted by molar-refractivity contribution is 6.31. The molecule has 0 saturated heterocycles. The number of benzene rings is 2. The Labute approximate surface area is 187 Å². The van der Waals surface area contributed by atoms with Crippen LogP contribution in [0.2, 0.25) is 5.02 Å². The van der Waals surface area contributed by atoms with Gasteiger partial charge in [0, 0.05) is 28.5 Å². The number of ether oxygens (including phenoxy) is 3. The topological polar surface area (TPSA) is 89.1 Å². The predicted molar refractivity (Wildman–Crippen MR) is 122 cm³/mol. The summed E-state index contributed by atoms with van der Waals surface area (Å²) in [7, 11) is 4.51. The lowest BCUT2D eigenvalue weighted by Gasteiger charge is -2.20. The molecule has 0 atom stereocenters. The van der Waals surface area contributed by atoms with Crippen molar-refractivity contribution in [2.45, 2.75) is 13.8 Å². The Morgan fingerprint density at radius 2 is 1.52 bits per heavy atom. The van der Waals surface area contributed by atoms with Crippen molar-refractivity contribution in [1.82, 2.24) is 4.90 Å². The average Bonchev–Trinajstić information content (AvgIpc) is 2.74. The standard InChI is InChI=1S/C22H28ClN3O5/c1-6-26(13-21(28)25-17-9-15(23)8-7-14(17)2)12-20(27)24-16-10-18(29-3)22(31-5)19(11-16)30-4/h7-11H,6,12-13H2,1-5H3,(H,24,27)(H,25,28). The Bertz CT molecular complexity index is 910. The smallest absolute Gasteiger partial charge is 0.238 e. The number of carbonyl (C=O) groups excluding carboxylic acids is 2. The molecule has 0 radical (unpaired) electrons. The first-order valence-electron chi connectivity index (χ1n) is 9.69. The highest BCUT2D eigenvalue weighted by Crippen LogP contribution is 2.39. The van der Waals surface area contributed by atoms with Crippen molar-refractivity contribution in [1.29, 1.82) is 0 Å². The Hall–Kier alpha value is -2.97. The molecular weight excluding hydrogens is 422 g/mol. The fraction of sp³-hybridized carbons (Fsp3) is 0.364. The lowest BCUT2D eigenvalue weighted by Crippen LogP contribution is -2.38. The number of aryl methyl sites for hydroxylation is 1. The highest BCUT2D eigenvalue weighted by atomic mass is 35.5. The summed E-state index contributed by atoms with van der Waals surface area (Å²) < 4.78 is 15.9. The summed E-state index contributed by atoms with van der Waals surface area (Å²) in [4.78, 5) is 26.7. The van der Waals surface area contributed by atoms with Crippen LogP contribution in [0.4, 0.5) is 11.4 Å². The number of hydrogen-bond donors (Lipinski definition) is 2. The molecule has 2 N–H and O–H groups in total. The fourth-order valence-corrected chi connectivity index (χ4v) is 3.13. The van der Waals surface area contributed by atoms with E-state index in [1.54, 1.807) is 29.2 Å². The van der Waals surface area contributed by atoms with E-state index in [2.05, 4.69) is 10.6 Å². The molecule has 0 aromatic heterocycles. The van der Waals surface area contributed by atoms with Crippen molar-refractivity contribution >= 4 is 34.8 Å². The summed E-state index contributed by atoms with van der Waals surface area (Å²) >= 11 is 6.00. The number of anilines is 2. The molecule has 9 heteroatoms. The van der Waals surface area contributed by atoms with Gasteiger partial charge in [0.15, 0.2) is 11.5 Å². The van der Waals surface area contributed by atoms with E-state index in [0.717, 1.165) is 5.56 Å². The van der Waals surface area contributed by atoms with Gasteiger partial charge >= 0.3 is 0 Å². The van der Waals surface area contributed by atoms with Gasteiger partial charge in [-0.3, -0.25) is 14.5 Å². The molecule has 0 heterocycles. The quantitative estimate of drug-likeness (QED) is 0.576. The van der Waals surface area contributed by atoms with Crippen molar-refractivity contribution in [3.05, 3.63) is 40.9 Å². The van der Waals surface area contributed by atoms with Crippen molar-refractivity contribution < 1.29 is 23.8 Å². The number of likely N-dealkylation sites (N-methyl/N-ethyl adjacent to an activating group) is 1. The molecule has 168 valence electrons. The summed E-state index contributed by atoms with van der Waals surface area (Å²) in [6.07, 6.45) is 0. The van der Waals surface area contributed by atoms with Gasteiger partial charge in [-0.15, -0.1) is 0 Å². The third kappa shape index (κ3) is 6.77. The largest absolute Gasteiger partial charge is 0.493 e. The first kappa shape index (κ1) is 24.3. The molecular formula is C22H28ClN3O5. The monoisotopic (exact) mass is 449 g/mol. The summed E-state index contributed by atoms with van der Waals surface area (Å²) in [6, 6.07) is 8.58. The SMILES string of the molecule is CCN(CC(=O)Nc1cc(OC)c(OC)c(OC)c1)CC(=O)Nc1cc(Cl)ccc1C. The Morgan fingerprint density at radius 1 is 0.935 bits per heavy atom. The van der Waals surface area contributed by atoms with Gasteiger partial charge in [-0.2, -0.15) is 0 Å². The number of nitrogens with one attached hydrogen (secondary N) is 2. The molecule has 0 aliphatic rings. The van der Waals surface area contributed by atoms with Gasteiger partial charge in [-0.05, 0) is 31.2 Å². The molecule has 8 nitrogen and oxygen atoms in total. The first-order valence-corrected chi connectivity index (χ1v) is 10.1. The number of methoxy groups -OCH3 is 3. The van der Waals surface area contributed by atoms with Crippen molar-refractivity contribution in [2.75, 3.05) is 51.6 Å². The second-order valence-electron chi connectivity index (χ2n) is 6.77. The zero-order valence-corrected chi connectivity index (χ0v) is 19.1. The maximum absolute atomic E-state index is 12.6. The molecule has 0 unspecified atom stereocenters. The zero-order valence-electron chi connectivity index (χ0n) is 18.4. The van der Waals surface area contributed by atoms with Gasteiger partial charge in [0.25, 0.3) is 0 Å². The molecule has 2 aromatic rings. The second kappa shape index (κ2) is 11.4. The van der Waals surface area contributed by atoms with Crippen LogP contribution in [-0.4, -0.2) is 57.7 Å². The van der Waals surface area contributed by atoms with Crippen LogP contribution in [-0.2, 0) is 9.59 Å². The first-order chi connectivity index (χ1) is 14.8. The Morgan fingerprint density at radius 3 is 2.03 bits per heavy atom. The van der Waals surface area contributed by atoms with Crippen LogP contribution < -0.4 is 24.8 Å². The Balaban J connectivity index is 2.01. The predicted octanol–water partition coefficient (Wildman–Crippen LogP) is 3.57. The molecule has 2 aromatic carbocycles. The molecule has 0 aliphatic heterocycles. The second-order valence-corrected chi connectivity index (χ2v) is 7.21. The zero-order chi connectivity index (χ0) is 23.0. The van der Waals surface area contributed by atoms with Crippen molar-refractivity contribution in [2.24, 2.45) is 0 Å². The third-order valence-corrected chi connectivity index (χ3v) is 4.84. The van der Waals surface area contributed by atoms with Crippen LogP contribution in [0.1, 0.15) is 12.5 Å². The third-order valence-electron chi connectivity index (χ3n) is 4.60. The number of halogens is 1. The van der Waals surface area contributed by atoms with E-state index in [1.165, 1.54) is 21.3 Å². The highest BCUT2D eigenvalue weighted by Gasteiger charge is 2.17. The van der Waals surface area contributed by atoms with Gasteiger partial charge in [-0.1, -0.05) is 24.6 Å². The van der Waals surface area contributed by atoms with Gasteiger partial charge in [0.2, 0.25) is 17.6 Å². The lowest BCUT2D eigenvalue weighted by atomic mass is 10.2. The van der Waals surface area contributed by atoms with Crippen molar-refractivity contribution in [3.63, 3.8) is 0 Å². The summed E-state index contributed by atoms with van der Waals surface area (Å²) in [5.41, 5.74) is 2.05. The van der Waals surface area contributed by atoms with Crippen LogP contribution in [0.15, 0.2) is 30.3 Å². The normalized spacial score (nSPS) is 10.5. The molecule has 0 fully saturated rings.